The van der Waals surface area contributed by atoms with Crippen molar-refractivity contribution >= 4 is 11.0 Å². The summed E-state index contributed by atoms with van der Waals surface area (Å²) in [5, 5.41) is 0. The molecule has 0 unspecified atom stereocenters. The maximum absolute atomic E-state index is 5.21. The Labute approximate surface area is 105 Å². The lowest BCUT2D eigenvalue weighted by Crippen LogP contribution is -1.84. The molecule has 0 saturated carbocycles. The monoisotopic (exact) mass is 230 g/mol. The van der Waals surface area contributed by atoms with E-state index in [1.54, 1.807) is 12.3 Å². The lowest BCUT2D eigenvalue weighted by atomic mass is 10.3. The standard InChI is InChI=1S/C10H6N2.C6H4/c1-2-8-5-6-9-10(12-8)4-3-7-11-9;1-2-5-4-6(5)3-1/h1,3-7H;1-4H. The lowest BCUT2D eigenvalue weighted by Gasteiger charge is -1.94. The summed E-state index contributed by atoms with van der Waals surface area (Å²) in [7, 11) is 0. The number of hydrogen-bond acceptors (Lipinski definition) is 2. The van der Waals surface area contributed by atoms with Gasteiger partial charge in [-0.05, 0) is 41.5 Å². The van der Waals surface area contributed by atoms with Crippen LogP contribution in [0.4, 0.5) is 0 Å². The second-order valence-electron chi connectivity index (χ2n) is 3.96. The fourth-order valence-electron chi connectivity index (χ4n) is 1.71. The first-order valence-corrected chi connectivity index (χ1v) is 5.66. The van der Waals surface area contributed by atoms with Gasteiger partial charge in [0.05, 0.1) is 11.0 Å². The molecule has 4 rings (SSSR count). The Kier molecular flexibility index (Phi) is 2.51. The highest BCUT2D eigenvalue weighted by molar-refractivity contribution is 5.80. The molecule has 0 fully saturated rings. The van der Waals surface area contributed by atoms with Crippen LogP contribution in [0.25, 0.3) is 22.2 Å². The molecule has 2 nitrogen and oxygen atoms in total. The molecule has 0 bridgehead atoms. The van der Waals surface area contributed by atoms with E-state index in [0.29, 0.717) is 5.69 Å². The second-order valence-corrected chi connectivity index (χ2v) is 3.96. The fraction of sp³-hybridized carbons (Fsp3) is 0. The van der Waals surface area contributed by atoms with Crippen LogP contribution in [-0.2, 0) is 0 Å². The van der Waals surface area contributed by atoms with E-state index in [0.717, 1.165) is 11.0 Å². The highest BCUT2D eigenvalue weighted by Crippen LogP contribution is 2.32. The molecule has 0 aromatic carbocycles. The molecular weight excluding hydrogens is 220 g/mol. The second kappa shape index (κ2) is 4.31. The van der Waals surface area contributed by atoms with Gasteiger partial charge in [0.1, 0.15) is 5.69 Å². The summed E-state index contributed by atoms with van der Waals surface area (Å²) in [6, 6.07) is 15.9. The zero-order valence-corrected chi connectivity index (χ0v) is 9.67. The van der Waals surface area contributed by atoms with E-state index < -0.39 is 0 Å². The maximum Gasteiger partial charge on any atom is 0.113 e. The Bertz CT molecular complexity index is 737. The Hall–Kier alpha value is -2.66. The molecule has 2 aromatic heterocycles. The average molecular weight is 230 g/mol. The highest BCUT2D eigenvalue weighted by atomic mass is 14.7. The average Bonchev–Trinajstić information content (AvgIpc) is 3.05. The zero-order chi connectivity index (χ0) is 12.4. The van der Waals surface area contributed by atoms with Gasteiger partial charge in [0, 0.05) is 6.20 Å². The number of nitrogens with zero attached hydrogens (tertiary/aromatic N) is 2. The van der Waals surface area contributed by atoms with Gasteiger partial charge in [0.2, 0.25) is 0 Å². The molecule has 0 radical (unpaired) electrons. The van der Waals surface area contributed by atoms with Crippen molar-refractivity contribution in [3.63, 3.8) is 0 Å². The molecule has 0 amide bonds. The minimum Gasteiger partial charge on any atom is -0.255 e. The molecule has 2 heteroatoms. The van der Waals surface area contributed by atoms with E-state index >= 15 is 0 Å². The Balaban J connectivity index is 0.000000137. The third-order valence-electron chi connectivity index (χ3n) is 2.72. The number of fused-ring (bicyclic) bond motifs is 2. The van der Waals surface area contributed by atoms with Crippen LogP contribution < -0.4 is 0 Å². The van der Waals surface area contributed by atoms with Crippen molar-refractivity contribution in [3.05, 3.63) is 60.4 Å². The Morgan fingerprint density at radius 1 is 0.889 bits per heavy atom. The van der Waals surface area contributed by atoms with Gasteiger partial charge in [-0.1, -0.05) is 24.1 Å². The molecule has 18 heavy (non-hydrogen) atoms. The van der Waals surface area contributed by atoms with Crippen molar-refractivity contribution in [2.24, 2.45) is 0 Å². The molecule has 2 heterocycles. The molecule has 2 aliphatic carbocycles. The van der Waals surface area contributed by atoms with Gasteiger partial charge in [0.25, 0.3) is 0 Å². The van der Waals surface area contributed by atoms with Gasteiger partial charge in [0.15, 0.2) is 0 Å². The van der Waals surface area contributed by atoms with Crippen molar-refractivity contribution in [2.75, 3.05) is 0 Å². The summed E-state index contributed by atoms with van der Waals surface area (Å²) in [6.07, 6.45) is 6.94. The predicted molar refractivity (Wildman–Crippen MR) is 72.9 cm³/mol. The van der Waals surface area contributed by atoms with Crippen LogP contribution in [0.1, 0.15) is 5.69 Å². The normalized spacial score (nSPS) is 10.2. The van der Waals surface area contributed by atoms with Gasteiger partial charge >= 0.3 is 0 Å². The maximum atomic E-state index is 5.21. The fourth-order valence-corrected chi connectivity index (χ4v) is 1.71. The van der Waals surface area contributed by atoms with Gasteiger partial charge < -0.3 is 0 Å². The summed E-state index contributed by atoms with van der Waals surface area (Å²) < 4.78 is 0. The number of hydrogen-bond donors (Lipinski definition) is 0. The van der Waals surface area contributed by atoms with Crippen molar-refractivity contribution in [1.82, 2.24) is 9.97 Å². The summed E-state index contributed by atoms with van der Waals surface area (Å²) in [4.78, 5) is 8.32. The van der Waals surface area contributed by atoms with E-state index in [1.165, 1.54) is 11.1 Å². The molecule has 0 atom stereocenters. The van der Waals surface area contributed by atoms with Crippen LogP contribution in [0.2, 0.25) is 0 Å². The smallest absolute Gasteiger partial charge is 0.113 e. The van der Waals surface area contributed by atoms with Crippen LogP contribution in [-0.4, -0.2) is 9.97 Å². The number of aromatic nitrogens is 2. The summed E-state index contributed by atoms with van der Waals surface area (Å²) in [5.74, 6) is 2.48. The third kappa shape index (κ3) is 2.07. The zero-order valence-electron chi connectivity index (χ0n) is 9.67. The first kappa shape index (κ1) is 10.5. The number of rotatable bonds is 0. The molecule has 0 N–H and O–H groups in total. The third-order valence-corrected chi connectivity index (χ3v) is 2.72. The lowest BCUT2D eigenvalue weighted by molar-refractivity contribution is 1.31. The van der Waals surface area contributed by atoms with Gasteiger partial charge in [-0.15, -0.1) is 6.42 Å². The molecule has 0 spiro atoms. The molecule has 2 aromatic rings. The first-order chi connectivity index (χ1) is 8.86. The largest absolute Gasteiger partial charge is 0.255 e. The summed E-state index contributed by atoms with van der Waals surface area (Å²) >= 11 is 0. The topological polar surface area (TPSA) is 25.8 Å². The molecule has 0 aliphatic heterocycles. The van der Waals surface area contributed by atoms with E-state index in [1.807, 2.05) is 18.2 Å². The van der Waals surface area contributed by atoms with Crippen LogP contribution in [0.15, 0.2) is 54.7 Å². The SMILES string of the molecule is C#Cc1ccc2ncccc2n1.c1cc2cc-2c1. The van der Waals surface area contributed by atoms with Gasteiger partial charge in [-0.25, -0.2) is 4.98 Å². The Morgan fingerprint density at radius 3 is 2.33 bits per heavy atom. The molecule has 2 aliphatic rings. The van der Waals surface area contributed by atoms with E-state index in [-0.39, 0.29) is 0 Å². The van der Waals surface area contributed by atoms with Crippen LogP contribution >= 0.6 is 0 Å². The van der Waals surface area contributed by atoms with Gasteiger partial charge in [-0.3, -0.25) is 4.98 Å². The molecule has 0 saturated heterocycles. The summed E-state index contributed by atoms with van der Waals surface area (Å²) in [5.41, 5.74) is 5.21. The molecule has 84 valence electrons. The number of pyridine rings is 2. The Morgan fingerprint density at radius 2 is 1.72 bits per heavy atom. The van der Waals surface area contributed by atoms with E-state index in [9.17, 15) is 0 Å². The van der Waals surface area contributed by atoms with Crippen LogP contribution in [0.3, 0.4) is 0 Å². The van der Waals surface area contributed by atoms with Crippen molar-refractivity contribution in [1.29, 1.82) is 0 Å². The molecular formula is C16H10N2. The van der Waals surface area contributed by atoms with Crippen molar-refractivity contribution in [2.45, 2.75) is 0 Å². The van der Waals surface area contributed by atoms with E-state index in [2.05, 4.69) is 40.2 Å². The first-order valence-electron chi connectivity index (χ1n) is 5.66. The van der Waals surface area contributed by atoms with Crippen molar-refractivity contribution in [3.8, 4) is 23.5 Å². The quantitative estimate of drug-likeness (QED) is 0.433. The van der Waals surface area contributed by atoms with E-state index in [4.69, 9.17) is 6.42 Å². The van der Waals surface area contributed by atoms with Crippen LogP contribution in [0.5, 0.6) is 0 Å². The van der Waals surface area contributed by atoms with Gasteiger partial charge in [-0.2, -0.15) is 0 Å². The summed E-state index contributed by atoms with van der Waals surface area (Å²) in [6.45, 7) is 0. The minimum atomic E-state index is 0.649. The minimum absolute atomic E-state index is 0.649. The predicted octanol–water partition coefficient (Wildman–Crippen LogP) is 3.28. The van der Waals surface area contributed by atoms with Crippen molar-refractivity contribution < 1.29 is 0 Å². The highest BCUT2D eigenvalue weighted by Gasteiger charge is 2.06. The number of terminal acetylenes is 1. The number of benzene rings is 1. The van der Waals surface area contributed by atoms with Crippen LogP contribution in [0, 0.1) is 12.3 Å².